The van der Waals surface area contributed by atoms with Gasteiger partial charge in [0, 0.05) is 12.6 Å². The quantitative estimate of drug-likeness (QED) is 0.606. The van der Waals surface area contributed by atoms with E-state index < -0.39 is 0 Å². The van der Waals surface area contributed by atoms with Crippen LogP contribution in [0.2, 0.25) is 0 Å². The van der Waals surface area contributed by atoms with Gasteiger partial charge in [0.05, 0.1) is 0 Å². The normalized spacial score (nSPS) is 33.0. The highest BCUT2D eigenvalue weighted by molar-refractivity contribution is 5.07. The Morgan fingerprint density at radius 2 is 1.69 bits per heavy atom. The Kier molecular flexibility index (Phi) is 2.18. The molecule has 0 amide bonds. The summed E-state index contributed by atoms with van der Waals surface area (Å²) in [5, 5.41) is 3.65. The van der Waals surface area contributed by atoms with Crippen molar-refractivity contribution in [2.24, 2.45) is 10.8 Å². The third kappa shape index (κ3) is 1.52. The van der Waals surface area contributed by atoms with Crippen LogP contribution in [0.3, 0.4) is 0 Å². The summed E-state index contributed by atoms with van der Waals surface area (Å²) in [6.07, 6.45) is 7.35. The minimum absolute atomic E-state index is 0.454. The van der Waals surface area contributed by atoms with E-state index >= 15 is 0 Å². The fraction of sp³-hybridized carbons (Fsp3) is 1.00. The first-order valence-corrected chi connectivity index (χ1v) is 5.78. The first-order valence-electron chi connectivity index (χ1n) is 5.78. The third-order valence-corrected chi connectivity index (χ3v) is 3.99. The molecule has 76 valence electrons. The lowest BCUT2D eigenvalue weighted by Gasteiger charge is -2.58. The predicted molar refractivity (Wildman–Crippen MR) is 56.8 cm³/mol. The van der Waals surface area contributed by atoms with E-state index in [1.54, 1.807) is 0 Å². The van der Waals surface area contributed by atoms with Crippen LogP contribution in [0.25, 0.3) is 0 Å². The number of hydrogen-bond acceptors (Lipinski definition) is 1. The topological polar surface area (TPSA) is 12.0 Å². The molecule has 1 heterocycles. The van der Waals surface area contributed by atoms with E-state index in [1.165, 1.54) is 38.6 Å². The predicted octanol–water partition coefficient (Wildman–Crippen LogP) is 2.95. The molecule has 13 heavy (non-hydrogen) atoms. The fourth-order valence-corrected chi connectivity index (χ4v) is 3.44. The summed E-state index contributed by atoms with van der Waals surface area (Å²) >= 11 is 0. The highest BCUT2D eigenvalue weighted by Gasteiger charge is 2.51. The zero-order chi connectivity index (χ0) is 9.53. The van der Waals surface area contributed by atoms with E-state index in [9.17, 15) is 0 Å². The van der Waals surface area contributed by atoms with Gasteiger partial charge in [-0.05, 0) is 23.7 Å². The molecule has 0 radical (unpaired) electrons. The fourth-order valence-electron chi connectivity index (χ4n) is 3.44. The van der Waals surface area contributed by atoms with Crippen LogP contribution in [0.4, 0.5) is 0 Å². The lowest BCUT2D eigenvalue weighted by molar-refractivity contribution is -0.0234. The second-order valence-corrected chi connectivity index (χ2v) is 6.10. The van der Waals surface area contributed by atoms with Gasteiger partial charge in [0.25, 0.3) is 0 Å². The molecule has 0 bridgehead atoms. The van der Waals surface area contributed by atoms with Crippen molar-refractivity contribution in [1.29, 1.82) is 0 Å². The van der Waals surface area contributed by atoms with Gasteiger partial charge in [-0.3, -0.25) is 0 Å². The van der Waals surface area contributed by atoms with Gasteiger partial charge in [0.2, 0.25) is 0 Å². The molecule has 1 aliphatic carbocycles. The molecule has 0 aromatic rings. The lowest BCUT2D eigenvalue weighted by atomic mass is 9.57. The summed E-state index contributed by atoms with van der Waals surface area (Å²) in [7, 11) is 0. The van der Waals surface area contributed by atoms with E-state index in [-0.39, 0.29) is 0 Å². The van der Waals surface area contributed by atoms with E-state index in [1.807, 2.05) is 0 Å². The molecular weight excluding hydrogens is 158 g/mol. The van der Waals surface area contributed by atoms with Crippen molar-refractivity contribution in [3.8, 4) is 0 Å². The van der Waals surface area contributed by atoms with Gasteiger partial charge >= 0.3 is 0 Å². The molecule has 2 fully saturated rings. The third-order valence-electron chi connectivity index (χ3n) is 3.99. The maximum absolute atomic E-state index is 3.65. The standard InChI is InChI=1S/C12H23N/c1-11(2,3)10-12(9-13-10)7-5-4-6-8-12/h10,13H,4-9H2,1-3H3. The molecule has 1 aliphatic heterocycles. The Balaban J connectivity index is 2.07. The largest absolute Gasteiger partial charge is 0.312 e. The van der Waals surface area contributed by atoms with Gasteiger partial charge in [0.1, 0.15) is 0 Å². The molecule has 1 saturated heterocycles. The summed E-state index contributed by atoms with van der Waals surface area (Å²) in [6, 6.07) is 0.778. The highest BCUT2D eigenvalue weighted by Crippen LogP contribution is 2.49. The zero-order valence-corrected chi connectivity index (χ0v) is 9.32. The number of hydrogen-bond donors (Lipinski definition) is 1. The van der Waals surface area contributed by atoms with Gasteiger partial charge < -0.3 is 5.32 Å². The van der Waals surface area contributed by atoms with Crippen molar-refractivity contribution < 1.29 is 0 Å². The molecule has 1 N–H and O–H groups in total. The minimum atomic E-state index is 0.454. The minimum Gasteiger partial charge on any atom is -0.312 e. The number of rotatable bonds is 0. The Labute approximate surface area is 82.3 Å². The second kappa shape index (κ2) is 2.98. The van der Waals surface area contributed by atoms with Crippen LogP contribution in [0.5, 0.6) is 0 Å². The van der Waals surface area contributed by atoms with Crippen molar-refractivity contribution in [1.82, 2.24) is 5.32 Å². The van der Waals surface area contributed by atoms with Crippen LogP contribution in [0.1, 0.15) is 52.9 Å². The Morgan fingerprint density at radius 3 is 2.08 bits per heavy atom. The molecule has 1 saturated carbocycles. The van der Waals surface area contributed by atoms with Gasteiger partial charge in [-0.1, -0.05) is 40.0 Å². The molecular formula is C12H23N. The summed E-state index contributed by atoms with van der Waals surface area (Å²) < 4.78 is 0. The maximum Gasteiger partial charge on any atom is 0.0184 e. The van der Waals surface area contributed by atoms with E-state index in [0.717, 1.165) is 6.04 Å². The molecule has 1 unspecified atom stereocenters. The van der Waals surface area contributed by atoms with Gasteiger partial charge in [-0.2, -0.15) is 0 Å². The van der Waals surface area contributed by atoms with Crippen LogP contribution in [-0.2, 0) is 0 Å². The van der Waals surface area contributed by atoms with Gasteiger partial charge in [0.15, 0.2) is 0 Å². The average molecular weight is 181 g/mol. The van der Waals surface area contributed by atoms with Crippen molar-refractivity contribution in [2.45, 2.75) is 58.9 Å². The zero-order valence-electron chi connectivity index (χ0n) is 9.32. The second-order valence-electron chi connectivity index (χ2n) is 6.10. The summed E-state index contributed by atoms with van der Waals surface area (Å²) in [6.45, 7) is 8.41. The molecule has 0 aromatic heterocycles. The smallest absolute Gasteiger partial charge is 0.0184 e. The van der Waals surface area contributed by atoms with Crippen LogP contribution < -0.4 is 5.32 Å². The molecule has 2 aliphatic rings. The molecule has 1 spiro atoms. The van der Waals surface area contributed by atoms with Crippen LogP contribution in [0, 0.1) is 10.8 Å². The van der Waals surface area contributed by atoms with Crippen molar-refractivity contribution in [3.05, 3.63) is 0 Å². The first kappa shape index (κ1) is 9.51. The number of nitrogens with one attached hydrogen (secondary N) is 1. The molecule has 2 rings (SSSR count). The summed E-state index contributed by atoms with van der Waals surface area (Å²) in [5.74, 6) is 0. The van der Waals surface area contributed by atoms with Crippen LogP contribution in [0.15, 0.2) is 0 Å². The summed E-state index contributed by atoms with van der Waals surface area (Å²) in [5.41, 5.74) is 1.14. The van der Waals surface area contributed by atoms with E-state index in [2.05, 4.69) is 26.1 Å². The Morgan fingerprint density at radius 1 is 1.08 bits per heavy atom. The maximum atomic E-state index is 3.65. The SMILES string of the molecule is CC(C)(C)C1NCC12CCCCC2. The Bertz CT molecular complexity index is 184. The Hall–Kier alpha value is -0.0400. The van der Waals surface area contributed by atoms with Crippen molar-refractivity contribution >= 4 is 0 Å². The van der Waals surface area contributed by atoms with Crippen molar-refractivity contribution in [2.75, 3.05) is 6.54 Å². The van der Waals surface area contributed by atoms with Crippen molar-refractivity contribution in [3.63, 3.8) is 0 Å². The van der Waals surface area contributed by atoms with E-state index in [4.69, 9.17) is 0 Å². The average Bonchev–Trinajstić information content (AvgIpc) is 2.01. The monoisotopic (exact) mass is 181 g/mol. The highest BCUT2D eigenvalue weighted by atomic mass is 15.1. The molecule has 1 atom stereocenters. The lowest BCUT2D eigenvalue weighted by Crippen LogP contribution is -2.67. The van der Waals surface area contributed by atoms with Gasteiger partial charge in [-0.15, -0.1) is 0 Å². The van der Waals surface area contributed by atoms with Crippen LogP contribution in [-0.4, -0.2) is 12.6 Å². The van der Waals surface area contributed by atoms with E-state index in [0.29, 0.717) is 10.8 Å². The van der Waals surface area contributed by atoms with Crippen LogP contribution >= 0.6 is 0 Å². The van der Waals surface area contributed by atoms with Gasteiger partial charge in [-0.25, -0.2) is 0 Å². The molecule has 0 aromatic carbocycles. The molecule has 1 nitrogen and oxygen atoms in total. The first-order chi connectivity index (χ1) is 6.05. The molecule has 1 heteroatoms. The summed E-state index contributed by atoms with van der Waals surface area (Å²) in [4.78, 5) is 0.